The second kappa shape index (κ2) is 7.71. The van der Waals surface area contributed by atoms with Crippen LogP contribution in [0.5, 0.6) is 5.75 Å². The number of ether oxygens (including phenoxy) is 1. The summed E-state index contributed by atoms with van der Waals surface area (Å²) < 4.78 is 5.10. The molecular formula is C14H22N2O2. The SMILES string of the molecule is COc1ccc(C(C)CC(=O)NCCCN)cc1. The monoisotopic (exact) mass is 250 g/mol. The molecule has 18 heavy (non-hydrogen) atoms. The van der Waals surface area contributed by atoms with E-state index in [2.05, 4.69) is 5.32 Å². The molecular weight excluding hydrogens is 228 g/mol. The van der Waals surface area contributed by atoms with Gasteiger partial charge >= 0.3 is 0 Å². The Labute approximate surface area is 109 Å². The summed E-state index contributed by atoms with van der Waals surface area (Å²) in [6, 6.07) is 7.82. The van der Waals surface area contributed by atoms with Crippen LogP contribution in [0.4, 0.5) is 0 Å². The molecule has 0 bridgehead atoms. The number of hydrogen-bond donors (Lipinski definition) is 2. The van der Waals surface area contributed by atoms with Crippen LogP contribution in [0, 0.1) is 0 Å². The minimum absolute atomic E-state index is 0.0757. The van der Waals surface area contributed by atoms with Gasteiger partial charge in [-0.05, 0) is 36.6 Å². The third-order valence-corrected chi connectivity index (χ3v) is 2.88. The highest BCUT2D eigenvalue weighted by Gasteiger charge is 2.10. The molecule has 1 rings (SSSR count). The van der Waals surface area contributed by atoms with Crippen molar-refractivity contribution < 1.29 is 9.53 Å². The zero-order valence-electron chi connectivity index (χ0n) is 11.1. The highest BCUT2D eigenvalue weighted by Crippen LogP contribution is 2.21. The molecule has 1 atom stereocenters. The van der Waals surface area contributed by atoms with E-state index in [9.17, 15) is 4.79 Å². The van der Waals surface area contributed by atoms with Crippen molar-refractivity contribution in [1.29, 1.82) is 0 Å². The van der Waals surface area contributed by atoms with Crippen LogP contribution >= 0.6 is 0 Å². The van der Waals surface area contributed by atoms with E-state index in [0.29, 0.717) is 19.5 Å². The third-order valence-electron chi connectivity index (χ3n) is 2.88. The van der Waals surface area contributed by atoms with E-state index in [1.54, 1.807) is 7.11 Å². The van der Waals surface area contributed by atoms with Crippen LogP contribution in [0.1, 0.15) is 31.2 Å². The van der Waals surface area contributed by atoms with Crippen molar-refractivity contribution in [3.8, 4) is 5.75 Å². The average Bonchev–Trinajstić information content (AvgIpc) is 2.39. The largest absolute Gasteiger partial charge is 0.497 e. The van der Waals surface area contributed by atoms with Crippen LogP contribution < -0.4 is 15.8 Å². The molecule has 0 aliphatic rings. The van der Waals surface area contributed by atoms with Gasteiger partial charge in [0.1, 0.15) is 5.75 Å². The zero-order valence-corrected chi connectivity index (χ0v) is 11.1. The van der Waals surface area contributed by atoms with Crippen LogP contribution in [-0.4, -0.2) is 26.1 Å². The van der Waals surface area contributed by atoms with Crippen LogP contribution in [0.25, 0.3) is 0 Å². The smallest absolute Gasteiger partial charge is 0.220 e. The molecule has 0 aromatic heterocycles. The first kappa shape index (κ1) is 14.5. The fourth-order valence-corrected chi connectivity index (χ4v) is 1.73. The topological polar surface area (TPSA) is 64.3 Å². The Bertz CT molecular complexity index is 363. The number of carbonyl (C=O) groups excluding carboxylic acids is 1. The fourth-order valence-electron chi connectivity index (χ4n) is 1.73. The minimum atomic E-state index is 0.0757. The number of hydrogen-bond acceptors (Lipinski definition) is 3. The van der Waals surface area contributed by atoms with Crippen molar-refractivity contribution in [1.82, 2.24) is 5.32 Å². The van der Waals surface area contributed by atoms with Crippen molar-refractivity contribution in [3.63, 3.8) is 0 Å². The summed E-state index contributed by atoms with van der Waals surface area (Å²) in [5, 5.41) is 2.86. The number of carbonyl (C=O) groups is 1. The molecule has 0 saturated heterocycles. The first-order valence-corrected chi connectivity index (χ1v) is 6.28. The maximum Gasteiger partial charge on any atom is 0.220 e. The molecule has 1 aromatic carbocycles. The molecule has 100 valence electrons. The maximum atomic E-state index is 11.6. The molecule has 0 fully saturated rings. The summed E-state index contributed by atoms with van der Waals surface area (Å²) in [4.78, 5) is 11.6. The lowest BCUT2D eigenvalue weighted by atomic mass is 9.97. The molecule has 0 spiro atoms. The number of rotatable bonds is 7. The number of methoxy groups -OCH3 is 1. The van der Waals surface area contributed by atoms with Gasteiger partial charge in [-0.1, -0.05) is 19.1 Å². The second-order valence-electron chi connectivity index (χ2n) is 4.37. The molecule has 1 amide bonds. The lowest BCUT2D eigenvalue weighted by molar-refractivity contribution is -0.121. The molecule has 0 heterocycles. The lowest BCUT2D eigenvalue weighted by Gasteiger charge is -2.12. The minimum Gasteiger partial charge on any atom is -0.497 e. The molecule has 1 aromatic rings. The van der Waals surface area contributed by atoms with Crippen molar-refractivity contribution in [3.05, 3.63) is 29.8 Å². The fraction of sp³-hybridized carbons (Fsp3) is 0.500. The van der Waals surface area contributed by atoms with Gasteiger partial charge in [0.2, 0.25) is 5.91 Å². The van der Waals surface area contributed by atoms with E-state index in [1.807, 2.05) is 31.2 Å². The summed E-state index contributed by atoms with van der Waals surface area (Å²) in [7, 11) is 1.64. The summed E-state index contributed by atoms with van der Waals surface area (Å²) in [5.41, 5.74) is 6.51. The van der Waals surface area contributed by atoms with Gasteiger partial charge < -0.3 is 15.8 Å². The molecule has 3 N–H and O–H groups in total. The van der Waals surface area contributed by atoms with Crippen LogP contribution in [0.2, 0.25) is 0 Å². The predicted molar refractivity (Wildman–Crippen MR) is 72.7 cm³/mol. The molecule has 0 saturated carbocycles. The van der Waals surface area contributed by atoms with E-state index in [0.717, 1.165) is 17.7 Å². The van der Waals surface area contributed by atoms with Crippen molar-refractivity contribution in [2.45, 2.75) is 25.7 Å². The van der Waals surface area contributed by atoms with Crippen LogP contribution in [-0.2, 0) is 4.79 Å². The molecule has 0 aliphatic carbocycles. The molecule has 0 aliphatic heterocycles. The zero-order chi connectivity index (χ0) is 13.4. The van der Waals surface area contributed by atoms with Gasteiger partial charge in [-0.25, -0.2) is 0 Å². The summed E-state index contributed by atoms with van der Waals surface area (Å²) in [6.07, 6.45) is 1.32. The van der Waals surface area contributed by atoms with E-state index in [1.165, 1.54) is 0 Å². The first-order valence-electron chi connectivity index (χ1n) is 6.28. The molecule has 4 heteroatoms. The van der Waals surface area contributed by atoms with Crippen molar-refractivity contribution >= 4 is 5.91 Å². The van der Waals surface area contributed by atoms with E-state index < -0.39 is 0 Å². The summed E-state index contributed by atoms with van der Waals surface area (Å²) >= 11 is 0. The van der Waals surface area contributed by atoms with Gasteiger partial charge in [-0.3, -0.25) is 4.79 Å². The normalized spacial score (nSPS) is 11.9. The van der Waals surface area contributed by atoms with Gasteiger partial charge in [0.05, 0.1) is 7.11 Å². The Morgan fingerprint density at radius 3 is 2.61 bits per heavy atom. The van der Waals surface area contributed by atoms with Gasteiger partial charge in [0.15, 0.2) is 0 Å². The van der Waals surface area contributed by atoms with Gasteiger partial charge in [0.25, 0.3) is 0 Å². The van der Waals surface area contributed by atoms with Gasteiger partial charge in [-0.2, -0.15) is 0 Å². The van der Waals surface area contributed by atoms with Crippen LogP contribution in [0.3, 0.4) is 0 Å². The third kappa shape index (κ3) is 4.75. The average molecular weight is 250 g/mol. The Balaban J connectivity index is 2.43. The molecule has 0 radical (unpaired) electrons. The Morgan fingerprint density at radius 2 is 2.06 bits per heavy atom. The quantitative estimate of drug-likeness (QED) is 0.723. The van der Waals surface area contributed by atoms with Gasteiger partial charge in [-0.15, -0.1) is 0 Å². The maximum absolute atomic E-state index is 11.6. The lowest BCUT2D eigenvalue weighted by Crippen LogP contribution is -2.26. The Kier molecular flexibility index (Phi) is 6.22. The standard InChI is InChI=1S/C14H22N2O2/c1-11(10-14(17)16-9-3-8-15)12-4-6-13(18-2)7-5-12/h4-7,11H,3,8-10,15H2,1-2H3,(H,16,17). The van der Waals surface area contributed by atoms with Crippen molar-refractivity contribution in [2.75, 3.05) is 20.2 Å². The number of benzene rings is 1. The van der Waals surface area contributed by atoms with Gasteiger partial charge in [0, 0.05) is 13.0 Å². The number of nitrogens with one attached hydrogen (secondary N) is 1. The van der Waals surface area contributed by atoms with Crippen molar-refractivity contribution in [2.24, 2.45) is 5.73 Å². The number of nitrogens with two attached hydrogens (primary N) is 1. The Morgan fingerprint density at radius 1 is 1.39 bits per heavy atom. The molecule has 1 unspecified atom stereocenters. The summed E-state index contributed by atoms with van der Waals surface area (Å²) in [5.74, 6) is 1.11. The highest BCUT2D eigenvalue weighted by molar-refractivity contribution is 5.76. The second-order valence-corrected chi connectivity index (χ2v) is 4.37. The van der Waals surface area contributed by atoms with E-state index in [4.69, 9.17) is 10.5 Å². The number of amides is 1. The first-order chi connectivity index (χ1) is 8.67. The predicted octanol–water partition coefficient (Wildman–Crippen LogP) is 1.65. The van der Waals surface area contributed by atoms with Crippen LogP contribution in [0.15, 0.2) is 24.3 Å². The highest BCUT2D eigenvalue weighted by atomic mass is 16.5. The summed E-state index contributed by atoms with van der Waals surface area (Å²) in [6.45, 7) is 3.31. The van der Waals surface area contributed by atoms with E-state index in [-0.39, 0.29) is 11.8 Å². The Hall–Kier alpha value is -1.55. The molecule has 4 nitrogen and oxygen atoms in total. The van der Waals surface area contributed by atoms with E-state index >= 15 is 0 Å².